The van der Waals surface area contributed by atoms with Crippen molar-refractivity contribution >= 4 is 5.69 Å². The average Bonchev–Trinajstić information content (AvgIpc) is 3.28. The largest absolute Gasteiger partial charge is 0.457 e. The fraction of sp³-hybridized carbons (Fsp3) is 0.278. The second-order valence-electron chi connectivity index (χ2n) is 5.63. The quantitative estimate of drug-likeness (QED) is 0.840. The van der Waals surface area contributed by atoms with Crippen LogP contribution in [0.25, 0.3) is 0 Å². The molecule has 0 aliphatic heterocycles. The topological polar surface area (TPSA) is 45.0 Å². The molecule has 21 heavy (non-hydrogen) atoms. The molecule has 0 saturated heterocycles. The molecular weight excluding hydrogens is 260 g/mol. The highest BCUT2D eigenvalue weighted by atomic mass is 16.5. The Hall–Kier alpha value is -2.47. The number of hydrogen-bond acceptors (Lipinski definition) is 3. The standard InChI is InChI=1S/C18H18N2O/c19-13-12-18(10-11-18)14-20-15-6-8-17(9-7-15)21-16-4-2-1-3-5-16/h1-9,20H,10-12,14H2. The number of nitrogens with zero attached hydrogens (tertiary/aromatic N) is 1. The lowest BCUT2D eigenvalue weighted by atomic mass is 10.0. The molecular formula is C18H18N2O. The molecule has 0 unspecified atom stereocenters. The van der Waals surface area contributed by atoms with E-state index in [1.807, 2.05) is 54.6 Å². The van der Waals surface area contributed by atoms with Gasteiger partial charge in [-0.1, -0.05) is 18.2 Å². The van der Waals surface area contributed by atoms with Gasteiger partial charge in [0, 0.05) is 24.1 Å². The summed E-state index contributed by atoms with van der Waals surface area (Å²) in [5.41, 5.74) is 1.29. The molecule has 1 aliphatic rings. The molecule has 2 aromatic rings. The average molecular weight is 278 g/mol. The van der Waals surface area contributed by atoms with Crippen molar-refractivity contribution < 1.29 is 4.74 Å². The molecule has 1 fully saturated rings. The molecule has 1 saturated carbocycles. The van der Waals surface area contributed by atoms with E-state index in [4.69, 9.17) is 10.00 Å². The number of para-hydroxylation sites is 1. The van der Waals surface area contributed by atoms with E-state index in [1.54, 1.807) is 0 Å². The van der Waals surface area contributed by atoms with Crippen LogP contribution in [0.2, 0.25) is 0 Å². The molecule has 0 bridgehead atoms. The summed E-state index contributed by atoms with van der Waals surface area (Å²) in [4.78, 5) is 0. The molecule has 2 aromatic carbocycles. The lowest BCUT2D eigenvalue weighted by Crippen LogP contribution is -2.14. The molecule has 3 heteroatoms. The van der Waals surface area contributed by atoms with E-state index in [9.17, 15) is 0 Å². The van der Waals surface area contributed by atoms with E-state index in [0.29, 0.717) is 6.42 Å². The number of nitrogens with one attached hydrogen (secondary N) is 1. The third-order valence-corrected chi connectivity index (χ3v) is 3.91. The smallest absolute Gasteiger partial charge is 0.127 e. The lowest BCUT2D eigenvalue weighted by Gasteiger charge is -2.13. The van der Waals surface area contributed by atoms with Crippen molar-refractivity contribution in [3.05, 3.63) is 54.6 Å². The summed E-state index contributed by atoms with van der Waals surface area (Å²) in [7, 11) is 0. The maximum Gasteiger partial charge on any atom is 0.127 e. The number of nitriles is 1. The highest BCUT2D eigenvalue weighted by molar-refractivity contribution is 5.47. The second-order valence-corrected chi connectivity index (χ2v) is 5.63. The minimum Gasteiger partial charge on any atom is -0.457 e. The molecule has 3 rings (SSSR count). The maximum absolute atomic E-state index is 8.82. The summed E-state index contributed by atoms with van der Waals surface area (Å²) >= 11 is 0. The van der Waals surface area contributed by atoms with Crippen LogP contribution in [0, 0.1) is 16.7 Å². The summed E-state index contributed by atoms with van der Waals surface area (Å²) in [6.07, 6.45) is 2.96. The van der Waals surface area contributed by atoms with Crippen LogP contribution in [0.1, 0.15) is 19.3 Å². The fourth-order valence-electron chi connectivity index (χ4n) is 2.32. The van der Waals surface area contributed by atoms with Gasteiger partial charge in [0.2, 0.25) is 0 Å². The summed E-state index contributed by atoms with van der Waals surface area (Å²) in [6.45, 7) is 0.874. The number of rotatable bonds is 6. The number of hydrogen-bond donors (Lipinski definition) is 1. The van der Waals surface area contributed by atoms with Crippen LogP contribution in [-0.4, -0.2) is 6.54 Å². The Morgan fingerprint density at radius 3 is 2.29 bits per heavy atom. The van der Waals surface area contributed by atoms with E-state index in [1.165, 1.54) is 0 Å². The second kappa shape index (κ2) is 5.88. The van der Waals surface area contributed by atoms with Crippen LogP contribution in [0.4, 0.5) is 5.69 Å². The lowest BCUT2D eigenvalue weighted by molar-refractivity contribution is 0.482. The predicted molar refractivity (Wildman–Crippen MR) is 83.3 cm³/mol. The van der Waals surface area contributed by atoms with Crippen molar-refractivity contribution in [2.24, 2.45) is 5.41 Å². The van der Waals surface area contributed by atoms with Gasteiger partial charge >= 0.3 is 0 Å². The molecule has 0 aromatic heterocycles. The molecule has 0 spiro atoms. The molecule has 3 nitrogen and oxygen atoms in total. The molecule has 0 amide bonds. The minimum absolute atomic E-state index is 0.216. The van der Waals surface area contributed by atoms with Gasteiger partial charge in [0.25, 0.3) is 0 Å². The van der Waals surface area contributed by atoms with Gasteiger partial charge < -0.3 is 10.1 Å². The Morgan fingerprint density at radius 2 is 1.67 bits per heavy atom. The van der Waals surface area contributed by atoms with Crippen molar-refractivity contribution in [3.63, 3.8) is 0 Å². The Morgan fingerprint density at radius 1 is 1.00 bits per heavy atom. The third kappa shape index (κ3) is 3.55. The number of benzene rings is 2. The SMILES string of the molecule is N#CCC1(CNc2ccc(Oc3ccccc3)cc2)CC1. The van der Waals surface area contributed by atoms with Gasteiger partial charge in [0.15, 0.2) is 0 Å². The maximum atomic E-state index is 8.82. The van der Waals surface area contributed by atoms with E-state index >= 15 is 0 Å². The van der Waals surface area contributed by atoms with E-state index < -0.39 is 0 Å². The van der Waals surface area contributed by atoms with Gasteiger partial charge in [-0.2, -0.15) is 5.26 Å². The van der Waals surface area contributed by atoms with Crippen LogP contribution >= 0.6 is 0 Å². The third-order valence-electron chi connectivity index (χ3n) is 3.91. The van der Waals surface area contributed by atoms with Crippen LogP contribution in [0.3, 0.4) is 0 Å². The zero-order valence-electron chi connectivity index (χ0n) is 11.9. The number of ether oxygens (including phenoxy) is 1. The first-order chi connectivity index (χ1) is 10.3. The highest BCUT2D eigenvalue weighted by Crippen LogP contribution is 2.48. The van der Waals surface area contributed by atoms with Crippen molar-refractivity contribution in [2.45, 2.75) is 19.3 Å². The summed E-state index contributed by atoms with van der Waals surface area (Å²) in [6, 6.07) is 20.0. The monoisotopic (exact) mass is 278 g/mol. The first-order valence-electron chi connectivity index (χ1n) is 7.24. The van der Waals surface area contributed by atoms with Crippen LogP contribution in [0.5, 0.6) is 11.5 Å². The van der Waals surface area contributed by atoms with Crippen LogP contribution < -0.4 is 10.1 Å². The Labute approximate surface area is 125 Å². The van der Waals surface area contributed by atoms with Gasteiger partial charge in [-0.05, 0) is 49.2 Å². The molecule has 1 aliphatic carbocycles. The zero-order valence-corrected chi connectivity index (χ0v) is 11.9. The molecule has 0 atom stereocenters. The van der Waals surface area contributed by atoms with E-state index in [-0.39, 0.29) is 5.41 Å². The Bertz CT molecular complexity index is 625. The first-order valence-corrected chi connectivity index (χ1v) is 7.24. The van der Waals surface area contributed by atoms with Gasteiger partial charge in [0.1, 0.15) is 11.5 Å². The van der Waals surface area contributed by atoms with Crippen LogP contribution in [-0.2, 0) is 0 Å². The van der Waals surface area contributed by atoms with Crippen molar-refractivity contribution in [2.75, 3.05) is 11.9 Å². The van der Waals surface area contributed by atoms with Crippen LogP contribution in [0.15, 0.2) is 54.6 Å². The van der Waals surface area contributed by atoms with Gasteiger partial charge in [0.05, 0.1) is 6.07 Å². The first kappa shape index (κ1) is 13.5. The van der Waals surface area contributed by atoms with Crippen molar-refractivity contribution in [1.29, 1.82) is 5.26 Å². The molecule has 0 heterocycles. The fourth-order valence-corrected chi connectivity index (χ4v) is 2.32. The predicted octanol–water partition coefficient (Wildman–Crippen LogP) is 4.58. The molecule has 106 valence electrons. The highest BCUT2D eigenvalue weighted by Gasteiger charge is 2.42. The molecule has 0 radical (unpaired) electrons. The van der Waals surface area contributed by atoms with E-state index in [2.05, 4.69) is 11.4 Å². The molecule has 1 N–H and O–H groups in total. The Kier molecular flexibility index (Phi) is 3.79. The van der Waals surface area contributed by atoms with Gasteiger partial charge in [-0.25, -0.2) is 0 Å². The zero-order chi connectivity index (χ0) is 14.5. The normalized spacial score (nSPS) is 15.0. The minimum atomic E-state index is 0.216. The Balaban J connectivity index is 1.56. The summed E-state index contributed by atoms with van der Waals surface area (Å²) in [5.74, 6) is 1.66. The van der Waals surface area contributed by atoms with Gasteiger partial charge in [-0.15, -0.1) is 0 Å². The summed E-state index contributed by atoms with van der Waals surface area (Å²) in [5, 5.41) is 12.2. The van der Waals surface area contributed by atoms with Gasteiger partial charge in [-0.3, -0.25) is 0 Å². The number of anilines is 1. The van der Waals surface area contributed by atoms with Crippen molar-refractivity contribution in [1.82, 2.24) is 0 Å². The van der Waals surface area contributed by atoms with E-state index in [0.717, 1.165) is 36.6 Å². The van der Waals surface area contributed by atoms with Crippen molar-refractivity contribution in [3.8, 4) is 17.6 Å². The summed E-state index contributed by atoms with van der Waals surface area (Å²) < 4.78 is 5.76.